The number of aromatic nitrogens is 3. The van der Waals surface area contributed by atoms with Gasteiger partial charge in [-0.15, -0.1) is 0 Å². The largest absolute Gasteiger partial charge is 0.309 e. The second-order valence-electron chi connectivity index (χ2n) is 10.5. The van der Waals surface area contributed by atoms with E-state index in [-0.39, 0.29) is 0 Å². The van der Waals surface area contributed by atoms with E-state index in [2.05, 4.69) is 167 Å². The van der Waals surface area contributed by atoms with Gasteiger partial charge < -0.3 is 4.57 Å². The zero-order chi connectivity index (χ0) is 27.9. The molecule has 8 aromatic rings. The number of fused-ring (bicyclic) bond motifs is 3. The number of para-hydroxylation sites is 2. The van der Waals surface area contributed by atoms with Gasteiger partial charge in [0, 0.05) is 27.6 Å². The number of benzene rings is 6. The molecule has 0 radical (unpaired) electrons. The summed E-state index contributed by atoms with van der Waals surface area (Å²) >= 11 is 0. The van der Waals surface area contributed by atoms with Crippen LogP contribution in [0.3, 0.4) is 0 Å². The lowest BCUT2D eigenvalue weighted by Gasteiger charge is -2.12. The highest BCUT2D eigenvalue weighted by molar-refractivity contribution is 6.09. The molecule has 0 unspecified atom stereocenters. The summed E-state index contributed by atoms with van der Waals surface area (Å²) in [6, 6.07) is 57.8. The number of hydrogen-bond donors (Lipinski definition) is 0. The standard InChI is InChI=1S/C39H27N3/c1-3-12-28(13-4-1)30-16-11-17-31(26-30)39-27-36(29-14-5-2-6-15-29)40-42(39)33-24-22-32(23-25-33)41-37-20-9-7-18-34(37)35-19-8-10-21-38(35)41/h1-27H. The first-order valence-corrected chi connectivity index (χ1v) is 14.2. The zero-order valence-corrected chi connectivity index (χ0v) is 22.9. The van der Waals surface area contributed by atoms with Gasteiger partial charge in [-0.2, -0.15) is 5.10 Å². The molecule has 0 saturated heterocycles. The first-order valence-electron chi connectivity index (χ1n) is 14.2. The van der Waals surface area contributed by atoms with Crippen LogP contribution in [-0.4, -0.2) is 14.3 Å². The maximum absolute atomic E-state index is 5.13. The van der Waals surface area contributed by atoms with Gasteiger partial charge in [0.05, 0.1) is 28.1 Å². The van der Waals surface area contributed by atoms with Crippen LogP contribution in [0.25, 0.3) is 66.8 Å². The Hall–Kier alpha value is -5.67. The molecule has 0 fully saturated rings. The second-order valence-corrected chi connectivity index (χ2v) is 10.5. The van der Waals surface area contributed by atoms with Crippen molar-refractivity contribution in [2.45, 2.75) is 0 Å². The molecule has 0 bridgehead atoms. The smallest absolute Gasteiger partial charge is 0.0934 e. The van der Waals surface area contributed by atoms with Crippen molar-refractivity contribution in [2.75, 3.05) is 0 Å². The number of rotatable bonds is 5. The molecule has 3 nitrogen and oxygen atoms in total. The third-order valence-corrected chi connectivity index (χ3v) is 7.98. The minimum atomic E-state index is 0.946. The third-order valence-electron chi connectivity index (χ3n) is 7.98. The highest BCUT2D eigenvalue weighted by Gasteiger charge is 2.16. The Morgan fingerprint density at radius 1 is 0.381 bits per heavy atom. The van der Waals surface area contributed by atoms with Crippen molar-refractivity contribution >= 4 is 21.8 Å². The molecular weight excluding hydrogens is 510 g/mol. The molecule has 6 aromatic carbocycles. The van der Waals surface area contributed by atoms with Crippen LogP contribution in [0.4, 0.5) is 0 Å². The van der Waals surface area contributed by atoms with Gasteiger partial charge in [0.25, 0.3) is 0 Å². The summed E-state index contributed by atoms with van der Waals surface area (Å²) in [4.78, 5) is 0. The molecule has 0 amide bonds. The first kappa shape index (κ1) is 24.2. The van der Waals surface area contributed by atoms with Crippen LogP contribution in [0.15, 0.2) is 164 Å². The van der Waals surface area contributed by atoms with Gasteiger partial charge >= 0.3 is 0 Å². The average Bonchev–Trinajstić information content (AvgIpc) is 3.66. The molecule has 0 atom stereocenters. The minimum Gasteiger partial charge on any atom is -0.309 e. The van der Waals surface area contributed by atoms with Crippen molar-refractivity contribution in [2.24, 2.45) is 0 Å². The molecule has 0 aliphatic heterocycles. The number of nitrogens with zero attached hydrogens (tertiary/aromatic N) is 3. The summed E-state index contributed by atoms with van der Waals surface area (Å²) in [6.45, 7) is 0. The fourth-order valence-corrected chi connectivity index (χ4v) is 5.97. The quantitative estimate of drug-likeness (QED) is 0.214. The van der Waals surface area contributed by atoms with Crippen LogP contribution < -0.4 is 0 Å². The van der Waals surface area contributed by atoms with Crippen LogP contribution in [0, 0.1) is 0 Å². The van der Waals surface area contributed by atoms with Crippen LogP contribution in [-0.2, 0) is 0 Å². The Kier molecular flexibility index (Phi) is 5.79. The molecule has 2 heterocycles. The average molecular weight is 538 g/mol. The third kappa shape index (κ3) is 4.11. The van der Waals surface area contributed by atoms with Gasteiger partial charge in [0.15, 0.2) is 0 Å². The molecule has 3 heteroatoms. The van der Waals surface area contributed by atoms with E-state index < -0.39 is 0 Å². The van der Waals surface area contributed by atoms with E-state index in [0.29, 0.717) is 0 Å². The van der Waals surface area contributed by atoms with Gasteiger partial charge in [-0.25, -0.2) is 4.68 Å². The lowest BCUT2D eigenvalue weighted by Crippen LogP contribution is -2.01. The molecule has 0 saturated carbocycles. The SMILES string of the molecule is c1ccc(-c2cccc(-c3cc(-c4ccccc4)nn3-c3ccc(-n4c5ccccc5c5ccccc54)cc3)c2)cc1. The summed E-state index contributed by atoms with van der Waals surface area (Å²) in [7, 11) is 0. The number of hydrogen-bond acceptors (Lipinski definition) is 1. The highest BCUT2D eigenvalue weighted by atomic mass is 15.3. The molecule has 198 valence electrons. The van der Waals surface area contributed by atoms with Gasteiger partial charge in [-0.1, -0.05) is 115 Å². The minimum absolute atomic E-state index is 0.946. The van der Waals surface area contributed by atoms with Crippen LogP contribution >= 0.6 is 0 Å². The lowest BCUT2D eigenvalue weighted by atomic mass is 10.0. The molecule has 0 N–H and O–H groups in total. The Labute approximate surface area is 244 Å². The van der Waals surface area contributed by atoms with Crippen LogP contribution in [0.2, 0.25) is 0 Å². The van der Waals surface area contributed by atoms with E-state index in [1.54, 1.807) is 0 Å². The zero-order valence-electron chi connectivity index (χ0n) is 22.9. The van der Waals surface area contributed by atoms with Crippen molar-refractivity contribution in [3.05, 3.63) is 164 Å². The molecule has 8 rings (SSSR count). The van der Waals surface area contributed by atoms with Gasteiger partial charge in [0.2, 0.25) is 0 Å². The Balaban J connectivity index is 1.27. The first-order chi connectivity index (χ1) is 20.8. The second kappa shape index (κ2) is 10.1. The van der Waals surface area contributed by atoms with E-state index in [1.807, 2.05) is 6.07 Å². The summed E-state index contributed by atoms with van der Waals surface area (Å²) in [5, 5.41) is 7.65. The van der Waals surface area contributed by atoms with E-state index >= 15 is 0 Å². The summed E-state index contributed by atoms with van der Waals surface area (Å²) in [5.74, 6) is 0. The Morgan fingerprint density at radius 2 is 0.905 bits per heavy atom. The fourth-order valence-electron chi connectivity index (χ4n) is 5.97. The maximum atomic E-state index is 5.13. The summed E-state index contributed by atoms with van der Waals surface area (Å²) in [6.07, 6.45) is 0. The van der Waals surface area contributed by atoms with E-state index in [4.69, 9.17) is 5.10 Å². The van der Waals surface area contributed by atoms with Gasteiger partial charge in [-0.05, 0) is 59.7 Å². The summed E-state index contributed by atoms with van der Waals surface area (Å²) in [5.41, 5.74) is 11.1. The van der Waals surface area contributed by atoms with Crippen molar-refractivity contribution < 1.29 is 0 Å². The Morgan fingerprint density at radius 3 is 1.57 bits per heavy atom. The lowest BCUT2D eigenvalue weighted by molar-refractivity contribution is 0.891. The van der Waals surface area contributed by atoms with Crippen LogP contribution in [0.1, 0.15) is 0 Å². The highest BCUT2D eigenvalue weighted by Crippen LogP contribution is 2.34. The topological polar surface area (TPSA) is 22.8 Å². The van der Waals surface area contributed by atoms with Crippen molar-refractivity contribution in [3.63, 3.8) is 0 Å². The van der Waals surface area contributed by atoms with Gasteiger partial charge in [-0.3, -0.25) is 0 Å². The molecule has 42 heavy (non-hydrogen) atoms. The van der Waals surface area contributed by atoms with E-state index in [9.17, 15) is 0 Å². The predicted octanol–water partition coefficient (Wildman–Crippen LogP) is 9.97. The molecule has 2 aromatic heterocycles. The van der Waals surface area contributed by atoms with Crippen molar-refractivity contribution in [1.29, 1.82) is 0 Å². The van der Waals surface area contributed by atoms with Crippen LogP contribution in [0.5, 0.6) is 0 Å². The molecule has 0 spiro atoms. The molecule has 0 aliphatic carbocycles. The normalized spacial score (nSPS) is 11.3. The van der Waals surface area contributed by atoms with Crippen molar-refractivity contribution in [1.82, 2.24) is 14.3 Å². The molecular formula is C39H27N3. The van der Waals surface area contributed by atoms with Crippen molar-refractivity contribution in [3.8, 4) is 45.0 Å². The summed E-state index contributed by atoms with van der Waals surface area (Å²) < 4.78 is 4.42. The predicted molar refractivity (Wildman–Crippen MR) is 174 cm³/mol. The fraction of sp³-hybridized carbons (Fsp3) is 0. The monoisotopic (exact) mass is 537 g/mol. The van der Waals surface area contributed by atoms with E-state index in [1.165, 1.54) is 32.9 Å². The maximum Gasteiger partial charge on any atom is 0.0934 e. The molecule has 0 aliphatic rings. The van der Waals surface area contributed by atoms with E-state index in [0.717, 1.165) is 33.9 Å². The van der Waals surface area contributed by atoms with Gasteiger partial charge in [0.1, 0.15) is 0 Å². The Bertz CT molecular complexity index is 2120.